The molecule has 1 heterocycles. The van der Waals surface area contributed by atoms with Gasteiger partial charge in [-0.1, -0.05) is 51.1 Å². The number of rotatable bonds is 3. The van der Waals surface area contributed by atoms with Gasteiger partial charge in [-0.15, -0.1) is 0 Å². The zero-order valence-corrected chi connectivity index (χ0v) is 10.5. The highest BCUT2D eigenvalue weighted by molar-refractivity contribution is 5.21. The Morgan fingerprint density at radius 2 is 1.81 bits per heavy atom. The Bertz CT molecular complexity index is 322. The van der Waals surface area contributed by atoms with Crippen molar-refractivity contribution in [2.75, 3.05) is 13.1 Å². The molecule has 2 nitrogen and oxygen atoms in total. The molecule has 2 rings (SSSR count). The lowest BCUT2D eigenvalue weighted by molar-refractivity contribution is 0.220. The maximum atomic E-state index is 3.75. The summed E-state index contributed by atoms with van der Waals surface area (Å²) in [5, 5.41) is 7.05. The minimum Gasteiger partial charge on any atom is -0.314 e. The average Bonchev–Trinajstić information content (AvgIpc) is 2.15. The maximum absolute atomic E-state index is 3.75. The number of benzene rings is 1. The summed E-state index contributed by atoms with van der Waals surface area (Å²) in [6.07, 6.45) is 0. The largest absolute Gasteiger partial charge is 0.314 e. The summed E-state index contributed by atoms with van der Waals surface area (Å²) < 4.78 is 0. The minimum atomic E-state index is 0.247. The van der Waals surface area contributed by atoms with Crippen LogP contribution in [-0.4, -0.2) is 19.1 Å². The van der Waals surface area contributed by atoms with Crippen LogP contribution in [0.4, 0.5) is 0 Å². The first kappa shape index (κ1) is 11.6. The first-order chi connectivity index (χ1) is 7.57. The monoisotopic (exact) mass is 218 g/mol. The van der Waals surface area contributed by atoms with Crippen LogP contribution in [0.15, 0.2) is 30.3 Å². The molecular formula is C14H22N2. The Morgan fingerprint density at radius 3 is 2.25 bits per heavy atom. The Morgan fingerprint density at radius 1 is 1.19 bits per heavy atom. The van der Waals surface area contributed by atoms with E-state index in [1.165, 1.54) is 5.56 Å². The highest BCUT2D eigenvalue weighted by Crippen LogP contribution is 2.33. The van der Waals surface area contributed by atoms with Crippen molar-refractivity contribution in [3.8, 4) is 0 Å². The lowest BCUT2D eigenvalue weighted by atomic mass is 9.81. The molecule has 0 radical (unpaired) electrons. The summed E-state index contributed by atoms with van der Waals surface area (Å²) in [7, 11) is 0. The smallest absolute Gasteiger partial charge is 0.0372 e. The molecule has 1 aromatic carbocycles. The van der Waals surface area contributed by atoms with Crippen molar-refractivity contribution in [1.29, 1.82) is 0 Å². The van der Waals surface area contributed by atoms with Gasteiger partial charge in [-0.3, -0.25) is 0 Å². The van der Waals surface area contributed by atoms with Gasteiger partial charge in [0.05, 0.1) is 0 Å². The Kier molecular flexibility index (Phi) is 3.31. The summed E-state index contributed by atoms with van der Waals surface area (Å²) in [6, 6.07) is 11.8. The first-order valence-corrected chi connectivity index (χ1v) is 6.09. The van der Waals surface area contributed by atoms with Gasteiger partial charge in [-0.25, -0.2) is 0 Å². The molecule has 2 heteroatoms. The van der Waals surface area contributed by atoms with Crippen LogP contribution in [-0.2, 0) is 0 Å². The van der Waals surface area contributed by atoms with E-state index in [0.29, 0.717) is 12.1 Å². The van der Waals surface area contributed by atoms with E-state index in [1.807, 2.05) is 0 Å². The van der Waals surface area contributed by atoms with Gasteiger partial charge in [-0.05, 0) is 11.0 Å². The predicted octanol–water partition coefficient (Wildman–Crippen LogP) is 2.34. The lowest BCUT2D eigenvalue weighted by Gasteiger charge is -2.39. The summed E-state index contributed by atoms with van der Waals surface area (Å²) in [4.78, 5) is 0. The van der Waals surface area contributed by atoms with Crippen molar-refractivity contribution in [2.45, 2.75) is 32.9 Å². The molecule has 1 atom stereocenters. The third kappa shape index (κ3) is 2.63. The Hall–Kier alpha value is -0.860. The van der Waals surface area contributed by atoms with Crippen LogP contribution < -0.4 is 10.6 Å². The van der Waals surface area contributed by atoms with E-state index in [4.69, 9.17) is 0 Å². The third-order valence-electron chi connectivity index (χ3n) is 3.18. The van der Waals surface area contributed by atoms with Crippen molar-refractivity contribution in [1.82, 2.24) is 10.6 Å². The van der Waals surface area contributed by atoms with Gasteiger partial charge >= 0.3 is 0 Å². The maximum Gasteiger partial charge on any atom is 0.0372 e. The SMILES string of the molecule is CC(C)(C)C(NC1CNC1)c1ccccc1. The van der Waals surface area contributed by atoms with Crippen molar-refractivity contribution in [3.63, 3.8) is 0 Å². The third-order valence-corrected chi connectivity index (χ3v) is 3.18. The standard InChI is InChI=1S/C14H22N2/c1-14(2,3)13(16-12-9-15-10-12)11-7-5-4-6-8-11/h4-8,12-13,15-16H,9-10H2,1-3H3. The Labute approximate surface area is 98.4 Å². The first-order valence-electron chi connectivity index (χ1n) is 6.09. The Balaban J connectivity index is 2.14. The van der Waals surface area contributed by atoms with E-state index < -0.39 is 0 Å². The molecule has 0 amide bonds. The summed E-state index contributed by atoms with van der Waals surface area (Å²) in [5.74, 6) is 0. The van der Waals surface area contributed by atoms with Crippen molar-refractivity contribution < 1.29 is 0 Å². The lowest BCUT2D eigenvalue weighted by Crippen LogP contribution is -2.57. The molecule has 0 aliphatic carbocycles. The van der Waals surface area contributed by atoms with Crippen molar-refractivity contribution in [3.05, 3.63) is 35.9 Å². The second-order valence-electron chi connectivity index (χ2n) is 5.73. The fourth-order valence-corrected chi connectivity index (χ4v) is 2.13. The van der Waals surface area contributed by atoms with Gasteiger partial charge in [0.15, 0.2) is 0 Å². The molecule has 0 bridgehead atoms. The molecule has 1 aliphatic rings. The van der Waals surface area contributed by atoms with Gasteiger partial charge in [0.2, 0.25) is 0 Å². The molecule has 0 aromatic heterocycles. The molecule has 1 unspecified atom stereocenters. The van der Waals surface area contributed by atoms with Gasteiger partial charge in [0.1, 0.15) is 0 Å². The quantitative estimate of drug-likeness (QED) is 0.813. The second kappa shape index (κ2) is 4.56. The predicted molar refractivity (Wildman–Crippen MR) is 68.4 cm³/mol. The molecule has 1 fully saturated rings. The minimum absolute atomic E-state index is 0.247. The van der Waals surface area contributed by atoms with Crippen molar-refractivity contribution >= 4 is 0 Å². The number of hydrogen-bond donors (Lipinski definition) is 2. The number of nitrogens with one attached hydrogen (secondary N) is 2. The molecule has 1 aromatic rings. The van der Waals surface area contributed by atoms with Crippen LogP contribution in [0, 0.1) is 5.41 Å². The normalized spacial score (nSPS) is 19.2. The molecule has 16 heavy (non-hydrogen) atoms. The molecule has 2 N–H and O–H groups in total. The fraction of sp³-hybridized carbons (Fsp3) is 0.571. The van der Waals surface area contributed by atoms with E-state index in [2.05, 4.69) is 61.7 Å². The zero-order valence-electron chi connectivity index (χ0n) is 10.5. The van der Waals surface area contributed by atoms with Crippen LogP contribution in [0.25, 0.3) is 0 Å². The van der Waals surface area contributed by atoms with Crippen LogP contribution in [0.5, 0.6) is 0 Å². The van der Waals surface area contributed by atoms with Gasteiger partial charge in [0.25, 0.3) is 0 Å². The molecule has 0 spiro atoms. The fourth-order valence-electron chi connectivity index (χ4n) is 2.13. The van der Waals surface area contributed by atoms with E-state index in [-0.39, 0.29) is 5.41 Å². The summed E-state index contributed by atoms with van der Waals surface area (Å²) in [6.45, 7) is 9.08. The highest BCUT2D eigenvalue weighted by Gasteiger charge is 2.29. The van der Waals surface area contributed by atoms with Crippen molar-refractivity contribution in [2.24, 2.45) is 5.41 Å². The second-order valence-corrected chi connectivity index (χ2v) is 5.73. The molecular weight excluding hydrogens is 196 g/mol. The molecule has 0 saturated carbocycles. The van der Waals surface area contributed by atoms with Crippen LogP contribution in [0.1, 0.15) is 32.4 Å². The van der Waals surface area contributed by atoms with Gasteiger partial charge < -0.3 is 10.6 Å². The summed E-state index contributed by atoms with van der Waals surface area (Å²) >= 11 is 0. The summed E-state index contributed by atoms with van der Waals surface area (Å²) in [5.41, 5.74) is 1.64. The number of hydrogen-bond acceptors (Lipinski definition) is 2. The highest BCUT2D eigenvalue weighted by atomic mass is 15.1. The van der Waals surface area contributed by atoms with Crippen LogP contribution in [0.2, 0.25) is 0 Å². The van der Waals surface area contributed by atoms with Gasteiger partial charge in [0, 0.05) is 25.2 Å². The molecule has 88 valence electrons. The van der Waals surface area contributed by atoms with Gasteiger partial charge in [-0.2, -0.15) is 0 Å². The van der Waals surface area contributed by atoms with Crippen LogP contribution >= 0.6 is 0 Å². The van der Waals surface area contributed by atoms with E-state index >= 15 is 0 Å². The topological polar surface area (TPSA) is 24.1 Å². The van der Waals surface area contributed by atoms with E-state index in [0.717, 1.165) is 13.1 Å². The van der Waals surface area contributed by atoms with E-state index in [9.17, 15) is 0 Å². The molecule has 1 saturated heterocycles. The average molecular weight is 218 g/mol. The van der Waals surface area contributed by atoms with E-state index in [1.54, 1.807) is 0 Å². The zero-order chi connectivity index (χ0) is 11.6. The molecule has 1 aliphatic heterocycles. The van der Waals surface area contributed by atoms with Crippen LogP contribution in [0.3, 0.4) is 0 Å².